The molecule has 1 atom stereocenters. The van der Waals surface area contributed by atoms with Gasteiger partial charge in [-0.1, -0.05) is 41.0 Å². The van der Waals surface area contributed by atoms with E-state index in [1.807, 2.05) is 25.1 Å². The zero-order valence-electron chi connectivity index (χ0n) is 14.0. The third-order valence-corrected chi connectivity index (χ3v) is 5.38. The number of benzene rings is 1. The Morgan fingerprint density at radius 3 is 2.85 bits per heavy atom. The predicted molar refractivity (Wildman–Crippen MR) is 104 cm³/mol. The van der Waals surface area contributed by atoms with E-state index in [-0.39, 0.29) is 11.1 Å². The number of carbonyl (C=O) groups excluding carboxylic acids is 1. The Bertz CT molecular complexity index is 946. The maximum Gasteiger partial charge on any atom is 0.237 e. The van der Waals surface area contributed by atoms with Gasteiger partial charge in [0.2, 0.25) is 5.91 Å². The van der Waals surface area contributed by atoms with Crippen LogP contribution >= 0.6 is 35.0 Å². The number of aromatic nitrogens is 4. The second kappa shape index (κ2) is 8.07. The minimum absolute atomic E-state index is 0.207. The average Bonchev–Trinajstić information content (AvgIpc) is 3.07. The number of hydrogen-bond acceptors (Lipinski definition) is 5. The summed E-state index contributed by atoms with van der Waals surface area (Å²) in [5.41, 5.74) is 2.29. The highest BCUT2D eigenvalue weighted by Gasteiger charge is 2.19. The molecule has 3 aromatic rings. The summed E-state index contributed by atoms with van der Waals surface area (Å²) in [6, 6.07) is 9.09. The highest BCUT2D eigenvalue weighted by molar-refractivity contribution is 8.00. The van der Waals surface area contributed by atoms with Gasteiger partial charge in [0.05, 0.1) is 16.6 Å². The van der Waals surface area contributed by atoms with Crippen LogP contribution in [0.3, 0.4) is 0 Å². The number of nitrogens with zero attached hydrogens (tertiary/aromatic N) is 4. The van der Waals surface area contributed by atoms with Gasteiger partial charge in [0.25, 0.3) is 0 Å². The summed E-state index contributed by atoms with van der Waals surface area (Å²) >= 11 is 13.5. The molecule has 0 fully saturated rings. The summed E-state index contributed by atoms with van der Waals surface area (Å²) in [5, 5.41) is 11.9. The van der Waals surface area contributed by atoms with Gasteiger partial charge >= 0.3 is 0 Å². The Kier molecular flexibility index (Phi) is 5.80. The predicted octanol–water partition coefficient (Wildman–Crippen LogP) is 4.40. The largest absolute Gasteiger partial charge is 0.322 e. The van der Waals surface area contributed by atoms with Crippen molar-refractivity contribution in [3.05, 3.63) is 58.6 Å². The summed E-state index contributed by atoms with van der Waals surface area (Å²) in [7, 11) is 0. The molecule has 1 unspecified atom stereocenters. The molecule has 1 N–H and O–H groups in total. The number of nitrogens with one attached hydrogen (secondary N) is 1. The van der Waals surface area contributed by atoms with E-state index in [1.165, 1.54) is 11.8 Å². The van der Waals surface area contributed by atoms with E-state index in [0.717, 1.165) is 11.3 Å². The van der Waals surface area contributed by atoms with Crippen LogP contribution in [0, 0.1) is 6.92 Å². The van der Waals surface area contributed by atoms with Crippen molar-refractivity contribution in [3.8, 4) is 5.69 Å². The van der Waals surface area contributed by atoms with E-state index >= 15 is 0 Å². The molecule has 0 saturated heterocycles. The maximum atomic E-state index is 12.4. The first-order valence-electron chi connectivity index (χ1n) is 7.70. The van der Waals surface area contributed by atoms with Crippen LogP contribution in [0.4, 0.5) is 5.69 Å². The van der Waals surface area contributed by atoms with Gasteiger partial charge in [-0.05, 0) is 43.7 Å². The van der Waals surface area contributed by atoms with Crippen molar-refractivity contribution in [1.29, 1.82) is 0 Å². The first-order chi connectivity index (χ1) is 12.5. The van der Waals surface area contributed by atoms with Gasteiger partial charge < -0.3 is 5.32 Å². The van der Waals surface area contributed by atoms with Gasteiger partial charge in [-0.15, -0.1) is 10.2 Å². The van der Waals surface area contributed by atoms with Crippen molar-refractivity contribution in [2.75, 3.05) is 5.32 Å². The van der Waals surface area contributed by atoms with Gasteiger partial charge in [0.1, 0.15) is 6.33 Å². The highest BCUT2D eigenvalue weighted by atomic mass is 35.5. The Labute approximate surface area is 164 Å². The van der Waals surface area contributed by atoms with Gasteiger partial charge in [-0.25, -0.2) is 4.98 Å². The fourth-order valence-corrected chi connectivity index (χ4v) is 3.32. The van der Waals surface area contributed by atoms with Crippen molar-refractivity contribution < 1.29 is 4.79 Å². The molecule has 0 radical (unpaired) electrons. The van der Waals surface area contributed by atoms with Gasteiger partial charge in [-0.3, -0.25) is 9.36 Å². The van der Waals surface area contributed by atoms with Crippen LogP contribution in [0.1, 0.15) is 12.5 Å². The molecule has 2 heterocycles. The number of aryl methyl sites for hydroxylation is 1. The number of amides is 1. The summed E-state index contributed by atoms with van der Waals surface area (Å²) in [6.45, 7) is 3.72. The second-order valence-corrected chi connectivity index (χ2v) is 7.58. The first-order valence-corrected chi connectivity index (χ1v) is 9.34. The van der Waals surface area contributed by atoms with Crippen LogP contribution < -0.4 is 5.32 Å². The summed E-state index contributed by atoms with van der Waals surface area (Å²) in [5.74, 6) is -0.207. The molecular weight excluding hydrogens is 393 g/mol. The lowest BCUT2D eigenvalue weighted by Gasteiger charge is -2.13. The lowest BCUT2D eigenvalue weighted by atomic mass is 10.2. The monoisotopic (exact) mass is 407 g/mol. The minimum Gasteiger partial charge on any atom is -0.322 e. The number of carbonyl (C=O) groups is 1. The molecule has 6 nitrogen and oxygen atoms in total. The van der Waals surface area contributed by atoms with Crippen molar-refractivity contribution in [3.63, 3.8) is 0 Å². The molecule has 0 aliphatic heterocycles. The molecule has 3 rings (SSSR count). The normalized spacial score (nSPS) is 12.0. The number of halogens is 2. The number of rotatable bonds is 5. The molecule has 0 saturated carbocycles. The van der Waals surface area contributed by atoms with Gasteiger partial charge in [-0.2, -0.15) is 0 Å². The SMILES string of the molecule is Cc1ccc(-n2cnnc2SC(C)C(=O)Nc2cccnc2Cl)cc1Cl. The second-order valence-electron chi connectivity index (χ2n) is 5.51. The quantitative estimate of drug-likeness (QED) is 0.501. The highest BCUT2D eigenvalue weighted by Crippen LogP contribution is 2.27. The molecule has 2 aromatic heterocycles. The maximum absolute atomic E-state index is 12.4. The topological polar surface area (TPSA) is 72.7 Å². The van der Waals surface area contributed by atoms with E-state index in [1.54, 1.807) is 36.1 Å². The number of anilines is 1. The molecule has 26 heavy (non-hydrogen) atoms. The molecular formula is C17H15Cl2N5OS. The van der Waals surface area contributed by atoms with Crippen molar-refractivity contribution in [2.45, 2.75) is 24.3 Å². The van der Waals surface area contributed by atoms with Gasteiger partial charge in [0.15, 0.2) is 10.3 Å². The third-order valence-electron chi connectivity index (χ3n) is 3.62. The molecule has 9 heteroatoms. The van der Waals surface area contributed by atoms with Crippen LogP contribution in [0.25, 0.3) is 5.69 Å². The van der Waals surface area contributed by atoms with Gasteiger partial charge in [0, 0.05) is 11.2 Å². The van der Waals surface area contributed by atoms with Crippen LogP contribution in [0.5, 0.6) is 0 Å². The Morgan fingerprint density at radius 2 is 2.12 bits per heavy atom. The first kappa shape index (κ1) is 18.7. The molecule has 1 aromatic carbocycles. The summed E-state index contributed by atoms with van der Waals surface area (Å²) in [4.78, 5) is 16.4. The van der Waals surface area contributed by atoms with E-state index in [2.05, 4.69) is 20.5 Å². The molecule has 0 spiro atoms. The Hall–Kier alpha value is -2.09. The van der Waals surface area contributed by atoms with E-state index in [0.29, 0.717) is 15.9 Å². The van der Waals surface area contributed by atoms with Crippen LogP contribution in [0.2, 0.25) is 10.2 Å². The van der Waals surface area contributed by atoms with Crippen molar-refractivity contribution in [2.24, 2.45) is 0 Å². The fourth-order valence-electron chi connectivity index (χ4n) is 2.14. The number of hydrogen-bond donors (Lipinski definition) is 1. The summed E-state index contributed by atoms with van der Waals surface area (Å²) in [6.07, 6.45) is 3.15. The number of pyridine rings is 1. The van der Waals surface area contributed by atoms with E-state index in [4.69, 9.17) is 23.2 Å². The van der Waals surface area contributed by atoms with Crippen LogP contribution in [-0.2, 0) is 4.79 Å². The zero-order valence-corrected chi connectivity index (χ0v) is 16.3. The minimum atomic E-state index is -0.421. The molecule has 1 amide bonds. The lowest BCUT2D eigenvalue weighted by Crippen LogP contribution is -2.23. The molecule has 0 bridgehead atoms. The molecule has 134 valence electrons. The van der Waals surface area contributed by atoms with Crippen molar-refractivity contribution in [1.82, 2.24) is 19.7 Å². The van der Waals surface area contributed by atoms with E-state index in [9.17, 15) is 4.79 Å². The smallest absolute Gasteiger partial charge is 0.237 e. The summed E-state index contributed by atoms with van der Waals surface area (Å²) < 4.78 is 1.79. The lowest BCUT2D eigenvalue weighted by molar-refractivity contribution is -0.115. The third kappa shape index (κ3) is 4.17. The van der Waals surface area contributed by atoms with Crippen LogP contribution in [-0.4, -0.2) is 30.9 Å². The standard InChI is InChI=1S/C17H15Cl2N5OS/c1-10-5-6-12(8-13(10)18)24-9-21-23-17(24)26-11(2)16(25)22-14-4-3-7-20-15(14)19/h3-9,11H,1-2H3,(H,22,25). The molecule has 0 aliphatic carbocycles. The fraction of sp³-hybridized carbons (Fsp3) is 0.176. The van der Waals surface area contributed by atoms with Crippen LogP contribution in [0.15, 0.2) is 48.0 Å². The zero-order chi connectivity index (χ0) is 18.7. The van der Waals surface area contributed by atoms with E-state index < -0.39 is 5.25 Å². The average molecular weight is 408 g/mol. The van der Waals surface area contributed by atoms with Crippen molar-refractivity contribution >= 4 is 46.6 Å². The Morgan fingerprint density at radius 1 is 1.31 bits per heavy atom. The Balaban J connectivity index is 1.75. The molecule has 0 aliphatic rings. The number of thioether (sulfide) groups is 1.